The summed E-state index contributed by atoms with van der Waals surface area (Å²) in [6.07, 6.45) is 8.19. The van der Waals surface area contributed by atoms with Crippen LogP contribution in [0.4, 0.5) is 5.82 Å². The number of carbonyl (C=O) groups is 1. The molecule has 4 rings (SSSR count). The van der Waals surface area contributed by atoms with E-state index in [-0.39, 0.29) is 0 Å². The Bertz CT molecular complexity index is 825. The van der Waals surface area contributed by atoms with Gasteiger partial charge in [-0.15, -0.1) is 0 Å². The van der Waals surface area contributed by atoms with Crippen LogP contribution < -0.4 is 4.90 Å². The molecule has 0 spiro atoms. The average molecular weight is 380 g/mol. The zero-order chi connectivity index (χ0) is 19.5. The predicted molar refractivity (Wildman–Crippen MR) is 109 cm³/mol. The molecule has 0 N–H and O–H groups in total. The Kier molecular flexibility index (Phi) is 5.55. The first-order valence-corrected chi connectivity index (χ1v) is 10.4. The van der Waals surface area contributed by atoms with Gasteiger partial charge in [-0.25, -0.2) is 9.97 Å². The van der Waals surface area contributed by atoms with Gasteiger partial charge < -0.3 is 9.80 Å². The van der Waals surface area contributed by atoms with Crippen LogP contribution in [0.3, 0.4) is 0 Å². The SMILES string of the molecule is CCc1cnc(C)nc1N1CC[C@@H]2[C@@H](CCC(=O)N2CCc2ccccn2)C1. The van der Waals surface area contributed by atoms with Crippen LogP contribution in [0, 0.1) is 12.8 Å². The maximum Gasteiger partial charge on any atom is 0.222 e. The first kappa shape index (κ1) is 18.8. The molecule has 2 fully saturated rings. The first-order valence-electron chi connectivity index (χ1n) is 10.4. The zero-order valence-electron chi connectivity index (χ0n) is 16.8. The van der Waals surface area contributed by atoms with E-state index in [1.165, 1.54) is 5.56 Å². The molecule has 0 radical (unpaired) electrons. The molecular weight excluding hydrogens is 350 g/mol. The molecule has 2 saturated heterocycles. The van der Waals surface area contributed by atoms with E-state index in [2.05, 4.69) is 26.7 Å². The summed E-state index contributed by atoms with van der Waals surface area (Å²) >= 11 is 0. The van der Waals surface area contributed by atoms with Gasteiger partial charge in [0, 0.05) is 62.2 Å². The Morgan fingerprint density at radius 1 is 1.21 bits per heavy atom. The lowest BCUT2D eigenvalue weighted by atomic mass is 9.83. The number of rotatable bonds is 5. The second-order valence-electron chi connectivity index (χ2n) is 7.88. The summed E-state index contributed by atoms with van der Waals surface area (Å²) < 4.78 is 0. The third kappa shape index (κ3) is 3.86. The highest BCUT2D eigenvalue weighted by atomic mass is 16.2. The maximum atomic E-state index is 12.6. The topological polar surface area (TPSA) is 62.2 Å². The van der Waals surface area contributed by atoms with Gasteiger partial charge in [-0.05, 0) is 44.2 Å². The van der Waals surface area contributed by atoms with E-state index in [9.17, 15) is 4.79 Å². The van der Waals surface area contributed by atoms with Crippen LogP contribution in [0.25, 0.3) is 0 Å². The molecule has 2 aromatic heterocycles. The highest BCUT2D eigenvalue weighted by Crippen LogP contribution is 2.34. The number of amides is 1. The molecule has 0 saturated carbocycles. The van der Waals surface area contributed by atoms with Crippen molar-refractivity contribution in [2.45, 2.75) is 52.0 Å². The fraction of sp³-hybridized carbons (Fsp3) is 0.545. The quantitative estimate of drug-likeness (QED) is 0.799. The van der Waals surface area contributed by atoms with Crippen molar-refractivity contribution in [2.24, 2.45) is 5.92 Å². The molecule has 2 aliphatic rings. The summed E-state index contributed by atoms with van der Waals surface area (Å²) in [6, 6.07) is 6.32. The minimum Gasteiger partial charge on any atom is -0.356 e. The number of piperidine rings is 2. The lowest BCUT2D eigenvalue weighted by Gasteiger charge is -2.47. The molecule has 28 heavy (non-hydrogen) atoms. The van der Waals surface area contributed by atoms with Gasteiger partial charge in [0.05, 0.1) is 0 Å². The zero-order valence-corrected chi connectivity index (χ0v) is 16.8. The van der Waals surface area contributed by atoms with Gasteiger partial charge in [-0.2, -0.15) is 0 Å². The minimum absolute atomic E-state index is 0.303. The molecule has 4 heterocycles. The molecule has 6 nitrogen and oxygen atoms in total. The van der Waals surface area contributed by atoms with Crippen LogP contribution >= 0.6 is 0 Å². The number of hydrogen-bond donors (Lipinski definition) is 0. The van der Waals surface area contributed by atoms with Gasteiger partial charge in [0.15, 0.2) is 0 Å². The van der Waals surface area contributed by atoms with Gasteiger partial charge in [0.1, 0.15) is 11.6 Å². The van der Waals surface area contributed by atoms with Crippen molar-refractivity contribution in [1.29, 1.82) is 0 Å². The van der Waals surface area contributed by atoms with Crippen molar-refractivity contribution in [3.63, 3.8) is 0 Å². The molecule has 0 unspecified atom stereocenters. The van der Waals surface area contributed by atoms with Crippen molar-refractivity contribution in [2.75, 3.05) is 24.5 Å². The van der Waals surface area contributed by atoms with Crippen molar-refractivity contribution >= 4 is 11.7 Å². The second kappa shape index (κ2) is 8.25. The number of pyridine rings is 1. The van der Waals surface area contributed by atoms with E-state index in [0.717, 1.165) is 62.7 Å². The molecule has 0 aromatic carbocycles. The number of nitrogens with zero attached hydrogens (tertiary/aromatic N) is 5. The Morgan fingerprint density at radius 3 is 2.89 bits per heavy atom. The number of aromatic nitrogens is 3. The number of anilines is 1. The molecule has 2 aliphatic heterocycles. The summed E-state index contributed by atoms with van der Waals surface area (Å²) in [4.78, 5) is 30.7. The Balaban J connectivity index is 1.46. The van der Waals surface area contributed by atoms with Gasteiger partial charge >= 0.3 is 0 Å². The largest absolute Gasteiger partial charge is 0.356 e. The smallest absolute Gasteiger partial charge is 0.222 e. The van der Waals surface area contributed by atoms with Gasteiger partial charge in [-0.1, -0.05) is 13.0 Å². The molecule has 1 amide bonds. The molecule has 2 atom stereocenters. The van der Waals surface area contributed by atoms with Gasteiger partial charge in [0.2, 0.25) is 5.91 Å². The standard InChI is InChI=1S/C22H29N5O/c1-3-17-14-24-16(2)25-22(17)26-12-10-20-18(15-26)7-8-21(28)27(20)13-9-19-6-4-5-11-23-19/h4-6,11,14,18,20H,3,7-10,12-13,15H2,1-2H3/t18-,20+/m0/s1. The van der Waals surface area contributed by atoms with E-state index in [4.69, 9.17) is 4.98 Å². The van der Waals surface area contributed by atoms with Crippen LogP contribution in [0.5, 0.6) is 0 Å². The predicted octanol–water partition coefficient (Wildman–Crippen LogP) is 2.80. The Hall–Kier alpha value is -2.50. The fourth-order valence-electron chi connectivity index (χ4n) is 4.62. The van der Waals surface area contributed by atoms with E-state index in [1.54, 1.807) is 0 Å². The molecule has 0 aliphatic carbocycles. The van der Waals surface area contributed by atoms with Crippen LogP contribution in [-0.4, -0.2) is 51.4 Å². The molecule has 2 aromatic rings. The van der Waals surface area contributed by atoms with Crippen molar-refractivity contribution < 1.29 is 4.79 Å². The van der Waals surface area contributed by atoms with Gasteiger partial charge in [-0.3, -0.25) is 9.78 Å². The summed E-state index contributed by atoms with van der Waals surface area (Å²) in [6.45, 7) is 6.79. The lowest BCUT2D eigenvalue weighted by molar-refractivity contribution is -0.139. The van der Waals surface area contributed by atoms with Crippen molar-refractivity contribution in [1.82, 2.24) is 19.9 Å². The summed E-state index contributed by atoms with van der Waals surface area (Å²) in [7, 11) is 0. The molecule has 148 valence electrons. The lowest BCUT2D eigenvalue weighted by Crippen LogP contribution is -2.56. The molecular formula is C22H29N5O. The van der Waals surface area contributed by atoms with Crippen LogP contribution in [-0.2, 0) is 17.6 Å². The van der Waals surface area contributed by atoms with E-state index < -0.39 is 0 Å². The van der Waals surface area contributed by atoms with E-state index in [0.29, 0.717) is 24.3 Å². The monoisotopic (exact) mass is 379 g/mol. The molecule has 6 heteroatoms. The van der Waals surface area contributed by atoms with Crippen molar-refractivity contribution in [3.05, 3.63) is 47.7 Å². The Morgan fingerprint density at radius 2 is 2.11 bits per heavy atom. The van der Waals surface area contributed by atoms with Crippen LogP contribution in [0.1, 0.15) is 43.3 Å². The summed E-state index contributed by atoms with van der Waals surface area (Å²) in [5.41, 5.74) is 2.27. The Labute approximate surface area is 167 Å². The van der Waals surface area contributed by atoms with E-state index in [1.807, 2.05) is 37.5 Å². The molecule has 0 bridgehead atoms. The van der Waals surface area contributed by atoms with Gasteiger partial charge in [0.25, 0.3) is 0 Å². The summed E-state index contributed by atoms with van der Waals surface area (Å²) in [5.74, 6) is 2.73. The fourth-order valence-corrected chi connectivity index (χ4v) is 4.62. The minimum atomic E-state index is 0.303. The van der Waals surface area contributed by atoms with Crippen LogP contribution in [0.15, 0.2) is 30.6 Å². The number of fused-ring (bicyclic) bond motifs is 1. The van der Waals surface area contributed by atoms with Crippen molar-refractivity contribution in [3.8, 4) is 0 Å². The average Bonchev–Trinajstić information content (AvgIpc) is 2.73. The number of carbonyl (C=O) groups excluding carboxylic acids is 1. The maximum absolute atomic E-state index is 12.6. The number of aryl methyl sites for hydroxylation is 2. The van der Waals surface area contributed by atoms with Crippen LogP contribution in [0.2, 0.25) is 0 Å². The number of likely N-dealkylation sites (tertiary alicyclic amines) is 1. The summed E-state index contributed by atoms with van der Waals surface area (Å²) in [5, 5.41) is 0. The highest BCUT2D eigenvalue weighted by molar-refractivity contribution is 5.77. The number of hydrogen-bond acceptors (Lipinski definition) is 5. The third-order valence-electron chi connectivity index (χ3n) is 6.12. The third-order valence-corrected chi connectivity index (χ3v) is 6.12. The normalized spacial score (nSPS) is 22.3. The van der Waals surface area contributed by atoms with E-state index >= 15 is 0 Å². The highest BCUT2D eigenvalue weighted by Gasteiger charge is 2.39. The first-order chi connectivity index (χ1) is 13.7. The second-order valence-corrected chi connectivity index (χ2v) is 7.88.